The fraction of sp³-hybridized carbons (Fsp3) is 0.400. The molecule has 1 N–H and O–H groups in total. The Morgan fingerprint density at radius 1 is 1.42 bits per heavy atom. The average molecular weight is 328 g/mol. The molecule has 106 valence electrons. The summed E-state index contributed by atoms with van der Waals surface area (Å²) in [5, 5.41) is 2.53. The van der Waals surface area contributed by atoms with Gasteiger partial charge in [-0.2, -0.15) is 0 Å². The highest BCUT2D eigenvalue weighted by molar-refractivity contribution is 9.10. The first-order valence-electron chi connectivity index (χ1n) is 6.13. The van der Waals surface area contributed by atoms with Crippen molar-refractivity contribution in [2.24, 2.45) is 0 Å². The molecule has 0 spiro atoms. The first-order valence-corrected chi connectivity index (χ1v) is 6.92. The molecule has 1 amide bonds. The standard InChI is InChI=1S/C8H16O.C7H6BrNO/c1-5-7-8(3,6-2)9-4;8-6-1-3-7(4-2-6)9-5-10/h5H,1,6-7H2,2-4H3;1-5H,(H,9,10). The first-order chi connectivity index (χ1) is 9.01. The van der Waals surface area contributed by atoms with E-state index in [4.69, 9.17) is 4.74 Å². The van der Waals surface area contributed by atoms with Crippen molar-refractivity contribution in [3.05, 3.63) is 41.4 Å². The van der Waals surface area contributed by atoms with E-state index in [2.05, 4.69) is 41.7 Å². The smallest absolute Gasteiger partial charge is 0.211 e. The SMILES string of the molecule is C=CCC(C)(CC)OC.O=CNc1ccc(Br)cc1. The zero-order valence-electron chi connectivity index (χ0n) is 11.8. The molecule has 0 saturated carbocycles. The van der Waals surface area contributed by atoms with Gasteiger partial charge in [-0.15, -0.1) is 6.58 Å². The van der Waals surface area contributed by atoms with E-state index in [1.54, 1.807) is 7.11 Å². The van der Waals surface area contributed by atoms with Gasteiger partial charge in [0.25, 0.3) is 0 Å². The van der Waals surface area contributed by atoms with E-state index in [1.807, 2.05) is 30.3 Å². The summed E-state index contributed by atoms with van der Waals surface area (Å²) in [7, 11) is 1.74. The summed E-state index contributed by atoms with van der Waals surface area (Å²) < 4.78 is 6.26. The van der Waals surface area contributed by atoms with Gasteiger partial charge < -0.3 is 10.1 Å². The topological polar surface area (TPSA) is 38.3 Å². The molecule has 0 aliphatic heterocycles. The maximum Gasteiger partial charge on any atom is 0.211 e. The summed E-state index contributed by atoms with van der Waals surface area (Å²) in [4.78, 5) is 9.94. The second-order valence-electron chi connectivity index (χ2n) is 4.27. The molecule has 1 unspecified atom stereocenters. The van der Waals surface area contributed by atoms with Gasteiger partial charge in [-0.05, 0) is 44.0 Å². The maximum atomic E-state index is 9.94. The molecule has 1 atom stereocenters. The van der Waals surface area contributed by atoms with Gasteiger partial charge >= 0.3 is 0 Å². The van der Waals surface area contributed by atoms with E-state index in [1.165, 1.54) is 0 Å². The van der Waals surface area contributed by atoms with Crippen LogP contribution >= 0.6 is 15.9 Å². The largest absolute Gasteiger partial charge is 0.378 e. The van der Waals surface area contributed by atoms with Gasteiger partial charge in [0.1, 0.15) is 0 Å². The Morgan fingerprint density at radius 2 is 2.00 bits per heavy atom. The molecule has 1 rings (SSSR count). The highest BCUT2D eigenvalue weighted by atomic mass is 79.9. The van der Waals surface area contributed by atoms with Crippen molar-refractivity contribution in [3.63, 3.8) is 0 Å². The number of halogens is 1. The van der Waals surface area contributed by atoms with Crippen molar-refractivity contribution >= 4 is 28.0 Å². The van der Waals surface area contributed by atoms with Gasteiger partial charge in [-0.3, -0.25) is 4.79 Å². The molecule has 1 aromatic carbocycles. The average Bonchev–Trinajstić information content (AvgIpc) is 2.42. The Morgan fingerprint density at radius 3 is 2.32 bits per heavy atom. The summed E-state index contributed by atoms with van der Waals surface area (Å²) in [6.45, 7) is 7.87. The minimum atomic E-state index is 0.0156. The van der Waals surface area contributed by atoms with Crippen LogP contribution in [-0.4, -0.2) is 19.1 Å². The van der Waals surface area contributed by atoms with Crippen LogP contribution in [0.25, 0.3) is 0 Å². The van der Waals surface area contributed by atoms with Crippen LogP contribution in [0.5, 0.6) is 0 Å². The lowest BCUT2D eigenvalue weighted by atomic mass is 9.99. The molecular formula is C15H22BrNO2. The molecule has 0 heterocycles. The van der Waals surface area contributed by atoms with Gasteiger partial charge in [0.15, 0.2) is 0 Å². The van der Waals surface area contributed by atoms with Crippen LogP contribution in [0.4, 0.5) is 5.69 Å². The van der Waals surface area contributed by atoms with Crippen LogP contribution in [-0.2, 0) is 9.53 Å². The van der Waals surface area contributed by atoms with Gasteiger partial charge in [-0.25, -0.2) is 0 Å². The second kappa shape index (κ2) is 9.75. The third kappa shape index (κ3) is 7.80. The third-order valence-corrected chi connectivity index (χ3v) is 3.42. The molecular weight excluding hydrogens is 306 g/mol. The van der Waals surface area contributed by atoms with E-state index < -0.39 is 0 Å². The Labute approximate surface area is 124 Å². The van der Waals surface area contributed by atoms with E-state index in [0.717, 1.165) is 23.0 Å². The zero-order valence-corrected chi connectivity index (χ0v) is 13.4. The lowest BCUT2D eigenvalue weighted by Crippen LogP contribution is -2.24. The van der Waals surface area contributed by atoms with Gasteiger partial charge in [-0.1, -0.05) is 28.9 Å². The normalized spacial score (nSPS) is 12.6. The Hall–Kier alpha value is -1.13. The molecule has 4 heteroatoms. The summed E-state index contributed by atoms with van der Waals surface area (Å²) in [5.41, 5.74) is 0.820. The number of rotatable bonds is 6. The molecule has 3 nitrogen and oxygen atoms in total. The highest BCUT2D eigenvalue weighted by Gasteiger charge is 2.17. The number of ether oxygens (including phenoxy) is 1. The number of anilines is 1. The van der Waals surface area contributed by atoms with E-state index in [-0.39, 0.29) is 5.60 Å². The lowest BCUT2D eigenvalue weighted by Gasteiger charge is -2.24. The molecule has 0 bridgehead atoms. The summed E-state index contributed by atoms with van der Waals surface area (Å²) >= 11 is 3.28. The van der Waals surface area contributed by atoms with E-state index in [9.17, 15) is 4.79 Å². The second-order valence-corrected chi connectivity index (χ2v) is 5.19. The zero-order chi connectivity index (χ0) is 14.7. The number of carbonyl (C=O) groups excluding carboxylic acids is 1. The van der Waals surface area contributed by atoms with E-state index >= 15 is 0 Å². The number of methoxy groups -OCH3 is 1. The summed E-state index contributed by atoms with van der Waals surface area (Å²) in [5.74, 6) is 0. The molecule has 0 aliphatic carbocycles. The van der Waals surface area contributed by atoms with Gasteiger partial charge in [0.2, 0.25) is 6.41 Å². The minimum Gasteiger partial charge on any atom is -0.378 e. The number of hydrogen-bond donors (Lipinski definition) is 1. The number of amides is 1. The predicted molar refractivity (Wildman–Crippen MR) is 84.3 cm³/mol. The lowest BCUT2D eigenvalue weighted by molar-refractivity contribution is -0.105. The Balaban J connectivity index is 0.000000344. The number of nitrogens with one attached hydrogen (secondary N) is 1. The van der Waals surface area contributed by atoms with Crippen molar-refractivity contribution in [2.75, 3.05) is 12.4 Å². The van der Waals surface area contributed by atoms with Crippen molar-refractivity contribution in [1.29, 1.82) is 0 Å². The van der Waals surface area contributed by atoms with E-state index in [0.29, 0.717) is 6.41 Å². The summed E-state index contributed by atoms with van der Waals surface area (Å²) in [6, 6.07) is 7.37. The fourth-order valence-corrected chi connectivity index (χ4v) is 1.56. The first kappa shape index (κ1) is 17.9. The van der Waals surface area contributed by atoms with Crippen LogP contribution in [0.2, 0.25) is 0 Å². The van der Waals surface area contributed by atoms with Crippen molar-refractivity contribution in [3.8, 4) is 0 Å². The van der Waals surface area contributed by atoms with Crippen molar-refractivity contribution in [2.45, 2.75) is 32.3 Å². The number of hydrogen-bond acceptors (Lipinski definition) is 2. The molecule has 0 saturated heterocycles. The Kier molecular flexibility index (Phi) is 9.17. The highest BCUT2D eigenvalue weighted by Crippen LogP contribution is 2.18. The van der Waals surface area contributed by atoms with Gasteiger partial charge in [0.05, 0.1) is 5.60 Å². The van der Waals surface area contributed by atoms with Crippen LogP contribution < -0.4 is 5.32 Å². The molecule has 19 heavy (non-hydrogen) atoms. The molecule has 0 fully saturated rings. The van der Waals surface area contributed by atoms with Crippen LogP contribution in [0.1, 0.15) is 26.7 Å². The third-order valence-electron chi connectivity index (χ3n) is 2.89. The number of carbonyl (C=O) groups is 1. The Bertz CT molecular complexity index is 372. The molecule has 0 aliphatic rings. The molecule has 1 aromatic rings. The van der Waals surface area contributed by atoms with Crippen LogP contribution in [0.3, 0.4) is 0 Å². The predicted octanol–water partition coefficient (Wildman–Crippen LogP) is 4.40. The quantitative estimate of drug-likeness (QED) is 0.621. The number of benzene rings is 1. The fourth-order valence-electron chi connectivity index (χ4n) is 1.29. The van der Waals surface area contributed by atoms with Crippen LogP contribution in [0.15, 0.2) is 41.4 Å². The van der Waals surface area contributed by atoms with Gasteiger partial charge in [0, 0.05) is 17.3 Å². The molecule has 0 aromatic heterocycles. The van der Waals surface area contributed by atoms with Crippen molar-refractivity contribution < 1.29 is 9.53 Å². The maximum absolute atomic E-state index is 9.94. The minimum absolute atomic E-state index is 0.0156. The summed E-state index contributed by atoms with van der Waals surface area (Å²) in [6.07, 6.45) is 4.52. The van der Waals surface area contributed by atoms with Crippen molar-refractivity contribution in [1.82, 2.24) is 0 Å². The van der Waals surface area contributed by atoms with Crippen LogP contribution in [0, 0.1) is 0 Å². The monoisotopic (exact) mass is 327 g/mol. The molecule has 0 radical (unpaired) electrons.